The molecule has 7 rings (SSSR count). The van der Waals surface area contributed by atoms with Crippen molar-refractivity contribution in [1.82, 2.24) is 20.2 Å². The highest BCUT2D eigenvalue weighted by Gasteiger charge is 2.23. The summed E-state index contributed by atoms with van der Waals surface area (Å²) in [6.07, 6.45) is 7.77. The average molecular weight is 518 g/mol. The Bertz CT molecular complexity index is 1800. The van der Waals surface area contributed by atoms with Crippen LogP contribution < -0.4 is 5.32 Å². The second-order valence-corrected chi connectivity index (χ2v) is 11.4. The fourth-order valence-corrected chi connectivity index (χ4v) is 6.48. The number of thiophene rings is 1. The van der Waals surface area contributed by atoms with E-state index in [2.05, 4.69) is 80.9 Å². The number of amides is 1. The summed E-state index contributed by atoms with van der Waals surface area (Å²) in [5, 5.41) is 13.2. The SMILES string of the molecule is Cc1ccc(-c2cccc3[nH]c(-c4n[nH]c5ccc(-c6cncc(NC(=O)C7CCCC7)c6)cc45)cc23)s1. The monoisotopic (exact) mass is 517 g/mol. The molecule has 6 aromatic rings. The van der Waals surface area contributed by atoms with E-state index in [4.69, 9.17) is 0 Å². The Hall–Kier alpha value is -4.23. The number of H-pyrrole nitrogens is 2. The molecule has 6 nitrogen and oxygen atoms in total. The minimum absolute atomic E-state index is 0.102. The van der Waals surface area contributed by atoms with Crippen LogP contribution in [0.15, 0.2) is 73.1 Å². The molecule has 3 N–H and O–H groups in total. The number of anilines is 1. The second kappa shape index (κ2) is 9.26. The van der Waals surface area contributed by atoms with Gasteiger partial charge in [-0.2, -0.15) is 5.10 Å². The zero-order valence-electron chi connectivity index (χ0n) is 21.0. The van der Waals surface area contributed by atoms with Crippen LogP contribution in [0.3, 0.4) is 0 Å². The van der Waals surface area contributed by atoms with Crippen molar-refractivity contribution in [2.45, 2.75) is 32.6 Å². The highest BCUT2D eigenvalue weighted by molar-refractivity contribution is 7.15. The first-order valence-corrected chi connectivity index (χ1v) is 13.9. The van der Waals surface area contributed by atoms with Crippen molar-refractivity contribution in [1.29, 1.82) is 0 Å². The summed E-state index contributed by atoms with van der Waals surface area (Å²) in [4.78, 5) is 23.2. The van der Waals surface area contributed by atoms with E-state index in [0.29, 0.717) is 0 Å². The van der Waals surface area contributed by atoms with Gasteiger partial charge >= 0.3 is 0 Å². The topological polar surface area (TPSA) is 86.5 Å². The number of carbonyl (C=O) groups is 1. The zero-order valence-corrected chi connectivity index (χ0v) is 21.9. The van der Waals surface area contributed by atoms with Crippen LogP contribution in [0.25, 0.3) is 54.8 Å². The van der Waals surface area contributed by atoms with Gasteiger partial charge in [-0.15, -0.1) is 11.3 Å². The minimum atomic E-state index is 0.102. The van der Waals surface area contributed by atoms with Crippen molar-refractivity contribution < 1.29 is 4.79 Å². The maximum absolute atomic E-state index is 12.6. The number of aromatic nitrogens is 4. The second-order valence-electron chi connectivity index (χ2n) is 10.1. The van der Waals surface area contributed by atoms with Crippen molar-refractivity contribution in [2.24, 2.45) is 5.92 Å². The number of carbonyl (C=O) groups excluding carboxylic acids is 1. The van der Waals surface area contributed by atoms with Crippen molar-refractivity contribution in [3.63, 3.8) is 0 Å². The molecule has 2 aromatic carbocycles. The lowest BCUT2D eigenvalue weighted by Gasteiger charge is -2.11. The fourth-order valence-electron chi connectivity index (χ4n) is 5.57. The van der Waals surface area contributed by atoms with Crippen molar-refractivity contribution in [3.8, 4) is 33.0 Å². The number of benzene rings is 2. The first-order valence-electron chi connectivity index (χ1n) is 13.1. The number of nitrogens with zero attached hydrogens (tertiary/aromatic N) is 2. The Morgan fingerprint density at radius 3 is 2.68 bits per heavy atom. The van der Waals surface area contributed by atoms with Gasteiger partial charge in [0, 0.05) is 49.3 Å². The third-order valence-electron chi connectivity index (χ3n) is 7.55. The molecular formula is C31H27N5OS. The molecule has 0 unspecified atom stereocenters. The van der Waals surface area contributed by atoms with Gasteiger partial charge in [0.25, 0.3) is 0 Å². The molecule has 1 aliphatic rings. The molecule has 1 fully saturated rings. The van der Waals surface area contributed by atoms with E-state index in [1.54, 1.807) is 6.20 Å². The van der Waals surface area contributed by atoms with E-state index < -0.39 is 0 Å². The molecule has 1 amide bonds. The summed E-state index contributed by atoms with van der Waals surface area (Å²) in [5.74, 6) is 0.217. The number of rotatable bonds is 5. The standard InChI is InChI=1S/C31H27N5OS/c1-18-9-12-29(38-18)23-7-4-8-26-24(23)15-28(34-26)30-25-14-20(10-11-27(25)35-36-30)21-13-22(17-32-16-21)33-31(37)19-5-2-3-6-19/h4,7-17,19,34H,2-3,5-6H2,1H3,(H,33,37)(H,35,36). The highest BCUT2D eigenvalue weighted by Crippen LogP contribution is 2.37. The number of hydrogen-bond acceptors (Lipinski definition) is 4. The molecule has 0 aliphatic heterocycles. The van der Waals surface area contributed by atoms with Crippen LogP contribution in [0.1, 0.15) is 30.6 Å². The van der Waals surface area contributed by atoms with Gasteiger partial charge in [0.1, 0.15) is 5.69 Å². The summed E-state index contributed by atoms with van der Waals surface area (Å²) in [5.41, 5.74) is 7.85. The fraction of sp³-hybridized carbons (Fsp3) is 0.194. The smallest absolute Gasteiger partial charge is 0.227 e. The molecule has 0 radical (unpaired) electrons. The van der Waals surface area contributed by atoms with Crippen LogP contribution in [0.5, 0.6) is 0 Å². The largest absolute Gasteiger partial charge is 0.353 e. The third kappa shape index (κ3) is 4.09. The van der Waals surface area contributed by atoms with Crippen molar-refractivity contribution in [2.75, 3.05) is 5.32 Å². The number of hydrogen-bond donors (Lipinski definition) is 3. The lowest BCUT2D eigenvalue weighted by Crippen LogP contribution is -2.20. The van der Waals surface area contributed by atoms with Gasteiger partial charge in [-0.1, -0.05) is 31.0 Å². The Morgan fingerprint density at radius 2 is 1.84 bits per heavy atom. The van der Waals surface area contributed by atoms with Gasteiger partial charge in [0.2, 0.25) is 5.91 Å². The molecule has 38 heavy (non-hydrogen) atoms. The quantitative estimate of drug-likeness (QED) is 0.217. The summed E-state index contributed by atoms with van der Waals surface area (Å²) >= 11 is 1.81. The number of fused-ring (bicyclic) bond motifs is 2. The lowest BCUT2D eigenvalue weighted by atomic mass is 10.0. The summed E-state index contributed by atoms with van der Waals surface area (Å²) in [6, 6.07) is 21.2. The van der Waals surface area contributed by atoms with Gasteiger partial charge in [-0.05, 0) is 67.8 Å². The third-order valence-corrected chi connectivity index (χ3v) is 8.59. The van der Waals surface area contributed by atoms with Crippen LogP contribution in [0, 0.1) is 12.8 Å². The van der Waals surface area contributed by atoms with E-state index in [0.717, 1.165) is 70.3 Å². The molecule has 0 spiro atoms. The van der Waals surface area contributed by atoms with E-state index >= 15 is 0 Å². The van der Waals surface area contributed by atoms with E-state index in [-0.39, 0.29) is 11.8 Å². The van der Waals surface area contributed by atoms with Crippen LogP contribution in [-0.4, -0.2) is 26.1 Å². The lowest BCUT2D eigenvalue weighted by molar-refractivity contribution is -0.119. The van der Waals surface area contributed by atoms with Gasteiger partial charge in [0.15, 0.2) is 0 Å². The number of aromatic amines is 2. The summed E-state index contributed by atoms with van der Waals surface area (Å²) in [6.45, 7) is 2.14. The van der Waals surface area contributed by atoms with E-state index in [1.807, 2.05) is 29.7 Å². The minimum Gasteiger partial charge on any atom is -0.353 e. The average Bonchev–Trinajstić information content (AvgIpc) is 3.74. The Morgan fingerprint density at radius 1 is 0.947 bits per heavy atom. The zero-order chi connectivity index (χ0) is 25.6. The van der Waals surface area contributed by atoms with Gasteiger partial charge < -0.3 is 10.3 Å². The first kappa shape index (κ1) is 22.9. The Labute approximate surface area is 224 Å². The van der Waals surface area contributed by atoms with Crippen molar-refractivity contribution in [3.05, 3.63) is 77.9 Å². The van der Waals surface area contributed by atoms with Crippen molar-refractivity contribution >= 4 is 44.7 Å². The van der Waals surface area contributed by atoms with E-state index in [9.17, 15) is 4.79 Å². The molecule has 7 heteroatoms. The molecule has 4 heterocycles. The normalized spacial score (nSPS) is 14.0. The predicted molar refractivity (Wildman–Crippen MR) is 155 cm³/mol. The van der Waals surface area contributed by atoms with Crippen LogP contribution in [0.2, 0.25) is 0 Å². The van der Waals surface area contributed by atoms with Gasteiger partial charge in [0.05, 0.1) is 23.1 Å². The molecule has 4 aromatic heterocycles. The number of pyridine rings is 1. The molecular weight excluding hydrogens is 490 g/mol. The molecule has 188 valence electrons. The molecule has 0 bridgehead atoms. The molecule has 1 saturated carbocycles. The highest BCUT2D eigenvalue weighted by atomic mass is 32.1. The van der Waals surface area contributed by atoms with Gasteiger partial charge in [-0.25, -0.2) is 0 Å². The summed E-state index contributed by atoms with van der Waals surface area (Å²) < 4.78 is 0. The first-order chi connectivity index (χ1) is 18.6. The molecule has 1 aliphatic carbocycles. The number of aryl methyl sites for hydroxylation is 1. The van der Waals surface area contributed by atoms with E-state index in [1.165, 1.54) is 20.7 Å². The van der Waals surface area contributed by atoms with Crippen LogP contribution in [0.4, 0.5) is 5.69 Å². The van der Waals surface area contributed by atoms with Crippen LogP contribution >= 0.6 is 11.3 Å². The van der Waals surface area contributed by atoms with Gasteiger partial charge in [-0.3, -0.25) is 14.9 Å². The maximum Gasteiger partial charge on any atom is 0.227 e. The Balaban J connectivity index is 1.24. The summed E-state index contributed by atoms with van der Waals surface area (Å²) in [7, 11) is 0. The Kier molecular flexibility index (Phi) is 5.59. The molecule has 0 atom stereocenters. The predicted octanol–water partition coefficient (Wildman–Crippen LogP) is 7.94. The van der Waals surface area contributed by atoms with Crippen LogP contribution in [-0.2, 0) is 4.79 Å². The number of nitrogens with one attached hydrogen (secondary N) is 3. The molecule has 0 saturated heterocycles. The maximum atomic E-state index is 12.6.